The Bertz CT molecular complexity index is 172. The summed E-state index contributed by atoms with van der Waals surface area (Å²) in [5, 5.41) is 17.6. The molecule has 90 valence electrons. The van der Waals surface area contributed by atoms with Crippen LogP contribution in [0.3, 0.4) is 0 Å². The number of aliphatic hydroxyl groups excluding tert-OH is 2. The van der Waals surface area contributed by atoms with Gasteiger partial charge in [0.05, 0.1) is 13.2 Å². The molecule has 0 aromatic carbocycles. The average Bonchev–Trinajstić information content (AvgIpc) is 2.25. The van der Waals surface area contributed by atoms with Crippen molar-refractivity contribution >= 4 is 5.91 Å². The predicted molar refractivity (Wildman–Crippen MR) is 56.8 cm³/mol. The first-order chi connectivity index (χ1) is 7.15. The highest BCUT2D eigenvalue weighted by atomic mass is 16.3. The van der Waals surface area contributed by atoms with Gasteiger partial charge in [-0.05, 0) is 13.3 Å². The highest BCUT2D eigenvalue weighted by molar-refractivity contribution is 5.75. The third-order valence-corrected chi connectivity index (χ3v) is 2.35. The maximum absolute atomic E-state index is 10.9. The predicted octanol–water partition coefficient (Wildman–Crippen LogP) is -1.57. The van der Waals surface area contributed by atoms with Crippen LogP contribution < -0.4 is 11.3 Å². The molecule has 1 amide bonds. The normalized spacial score (nSPS) is 12.9. The molecule has 6 nitrogen and oxygen atoms in total. The summed E-state index contributed by atoms with van der Waals surface area (Å²) in [7, 11) is 0. The Morgan fingerprint density at radius 1 is 1.40 bits per heavy atom. The molecule has 0 saturated carbocycles. The van der Waals surface area contributed by atoms with Crippen LogP contribution in [0.4, 0.5) is 0 Å². The Morgan fingerprint density at radius 2 is 1.93 bits per heavy atom. The summed E-state index contributed by atoms with van der Waals surface area (Å²) in [4.78, 5) is 12.8. The first kappa shape index (κ1) is 14.3. The van der Waals surface area contributed by atoms with Crippen LogP contribution in [-0.2, 0) is 4.79 Å². The molecule has 0 aliphatic rings. The van der Waals surface area contributed by atoms with Crippen molar-refractivity contribution < 1.29 is 15.0 Å². The fourth-order valence-electron chi connectivity index (χ4n) is 1.40. The lowest BCUT2D eigenvalue weighted by molar-refractivity contribution is -0.121. The molecule has 1 atom stereocenters. The minimum Gasteiger partial charge on any atom is -0.395 e. The van der Waals surface area contributed by atoms with E-state index in [4.69, 9.17) is 16.1 Å². The molecule has 0 radical (unpaired) electrons. The molecule has 0 aromatic heterocycles. The molecule has 0 bridgehead atoms. The van der Waals surface area contributed by atoms with E-state index in [9.17, 15) is 4.79 Å². The van der Waals surface area contributed by atoms with Gasteiger partial charge < -0.3 is 10.2 Å². The average molecular weight is 219 g/mol. The third-order valence-electron chi connectivity index (χ3n) is 2.35. The van der Waals surface area contributed by atoms with Crippen LogP contribution in [0.15, 0.2) is 0 Å². The van der Waals surface area contributed by atoms with Gasteiger partial charge in [0.2, 0.25) is 5.91 Å². The van der Waals surface area contributed by atoms with Gasteiger partial charge in [0, 0.05) is 25.6 Å². The zero-order valence-corrected chi connectivity index (χ0v) is 9.15. The van der Waals surface area contributed by atoms with E-state index in [0.717, 1.165) is 0 Å². The van der Waals surface area contributed by atoms with Crippen molar-refractivity contribution in [3.63, 3.8) is 0 Å². The smallest absolute Gasteiger partial charge is 0.233 e. The fourth-order valence-corrected chi connectivity index (χ4v) is 1.40. The minimum absolute atomic E-state index is 0.0490. The highest BCUT2D eigenvalue weighted by Gasteiger charge is 2.13. The summed E-state index contributed by atoms with van der Waals surface area (Å²) in [6.45, 7) is 3.06. The van der Waals surface area contributed by atoms with Crippen LogP contribution >= 0.6 is 0 Å². The van der Waals surface area contributed by atoms with Gasteiger partial charge in [-0.25, -0.2) is 5.84 Å². The Hall–Kier alpha value is -0.690. The topological polar surface area (TPSA) is 98.8 Å². The molecule has 0 saturated heterocycles. The summed E-state index contributed by atoms with van der Waals surface area (Å²) < 4.78 is 0. The van der Waals surface area contributed by atoms with Crippen molar-refractivity contribution in [3.05, 3.63) is 0 Å². The number of rotatable bonds is 8. The maximum Gasteiger partial charge on any atom is 0.233 e. The quantitative estimate of drug-likeness (QED) is 0.225. The molecule has 0 spiro atoms. The van der Waals surface area contributed by atoms with Gasteiger partial charge >= 0.3 is 0 Å². The second kappa shape index (κ2) is 8.60. The molecule has 0 aromatic rings. The summed E-state index contributed by atoms with van der Waals surface area (Å²) in [5.41, 5.74) is 2.07. The van der Waals surface area contributed by atoms with E-state index in [1.54, 1.807) is 0 Å². The third kappa shape index (κ3) is 6.40. The first-order valence-corrected chi connectivity index (χ1v) is 5.11. The van der Waals surface area contributed by atoms with E-state index in [2.05, 4.69) is 5.43 Å². The maximum atomic E-state index is 10.9. The number of hydrazine groups is 1. The summed E-state index contributed by atoms with van der Waals surface area (Å²) in [6, 6.07) is 0.140. The van der Waals surface area contributed by atoms with E-state index >= 15 is 0 Å². The second-order valence-corrected chi connectivity index (χ2v) is 3.44. The van der Waals surface area contributed by atoms with E-state index in [0.29, 0.717) is 25.9 Å². The second-order valence-electron chi connectivity index (χ2n) is 3.44. The summed E-state index contributed by atoms with van der Waals surface area (Å²) in [5.74, 6) is 4.76. The Balaban J connectivity index is 3.89. The number of nitrogens with two attached hydrogens (primary N) is 1. The van der Waals surface area contributed by atoms with Gasteiger partial charge in [-0.1, -0.05) is 0 Å². The van der Waals surface area contributed by atoms with E-state index in [1.807, 2.05) is 11.8 Å². The highest BCUT2D eigenvalue weighted by Crippen LogP contribution is 2.05. The van der Waals surface area contributed by atoms with Crippen molar-refractivity contribution in [2.75, 3.05) is 26.3 Å². The largest absolute Gasteiger partial charge is 0.395 e. The van der Waals surface area contributed by atoms with Gasteiger partial charge in [-0.15, -0.1) is 0 Å². The van der Waals surface area contributed by atoms with Gasteiger partial charge in [0.25, 0.3) is 0 Å². The van der Waals surface area contributed by atoms with Crippen molar-refractivity contribution in [2.24, 2.45) is 5.84 Å². The molecular weight excluding hydrogens is 198 g/mol. The van der Waals surface area contributed by atoms with Gasteiger partial charge in [0.15, 0.2) is 0 Å². The molecule has 6 heteroatoms. The van der Waals surface area contributed by atoms with Crippen molar-refractivity contribution in [1.29, 1.82) is 0 Å². The Labute approximate surface area is 90.0 Å². The molecule has 0 aliphatic carbocycles. The Morgan fingerprint density at radius 3 is 2.33 bits per heavy atom. The van der Waals surface area contributed by atoms with Crippen LogP contribution in [0.2, 0.25) is 0 Å². The van der Waals surface area contributed by atoms with Crippen molar-refractivity contribution in [1.82, 2.24) is 10.3 Å². The fraction of sp³-hybridized carbons (Fsp3) is 0.889. The standard InChI is InChI=1S/C9H21N3O3/c1-8(2-3-9(15)11-10)12(4-6-13)5-7-14/h8,13-14H,2-7,10H2,1H3,(H,11,15). The summed E-state index contributed by atoms with van der Waals surface area (Å²) >= 11 is 0. The monoisotopic (exact) mass is 219 g/mol. The number of hydrogen-bond donors (Lipinski definition) is 4. The molecule has 0 aliphatic heterocycles. The lowest BCUT2D eigenvalue weighted by atomic mass is 10.1. The molecule has 5 N–H and O–H groups in total. The van der Waals surface area contributed by atoms with Crippen LogP contribution in [0.25, 0.3) is 0 Å². The first-order valence-electron chi connectivity index (χ1n) is 5.11. The van der Waals surface area contributed by atoms with Crippen molar-refractivity contribution in [3.8, 4) is 0 Å². The van der Waals surface area contributed by atoms with Crippen LogP contribution in [0.5, 0.6) is 0 Å². The zero-order chi connectivity index (χ0) is 11.7. The number of amides is 1. The van der Waals surface area contributed by atoms with E-state index < -0.39 is 0 Å². The molecule has 1 unspecified atom stereocenters. The molecule has 15 heavy (non-hydrogen) atoms. The number of aliphatic hydroxyl groups is 2. The van der Waals surface area contributed by atoms with Gasteiger partial charge in [0.1, 0.15) is 0 Å². The number of hydrogen-bond acceptors (Lipinski definition) is 5. The lowest BCUT2D eigenvalue weighted by Crippen LogP contribution is -2.39. The number of carbonyl (C=O) groups excluding carboxylic acids is 1. The van der Waals surface area contributed by atoms with Gasteiger partial charge in [-0.3, -0.25) is 15.1 Å². The molecule has 0 rings (SSSR count). The van der Waals surface area contributed by atoms with Crippen molar-refractivity contribution in [2.45, 2.75) is 25.8 Å². The SMILES string of the molecule is CC(CCC(=O)NN)N(CCO)CCO. The lowest BCUT2D eigenvalue weighted by Gasteiger charge is -2.27. The number of carbonyl (C=O) groups is 1. The van der Waals surface area contributed by atoms with Crippen LogP contribution in [0.1, 0.15) is 19.8 Å². The Kier molecular flexibility index (Phi) is 8.21. The number of nitrogens with one attached hydrogen (secondary N) is 1. The number of nitrogens with zero attached hydrogens (tertiary/aromatic N) is 1. The zero-order valence-electron chi connectivity index (χ0n) is 9.15. The van der Waals surface area contributed by atoms with Gasteiger partial charge in [-0.2, -0.15) is 0 Å². The molecule has 0 fully saturated rings. The van der Waals surface area contributed by atoms with E-state index in [1.165, 1.54) is 0 Å². The molecular formula is C9H21N3O3. The van der Waals surface area contributed by atoms with E-state index in [-0.39, 0.29) is 25.2 Å². The van der Waals surface area contributed by atoms with Crippen LogP contribution in [0, 0.1) is 0 Å². The minimum atomic E-state index is -0.199. The van der Waals surface area contributed by atoms with Crippen LogP contribution in [-0.4, -0.2) is 53.4 Å². The summed E-state index contributed by atoms with van der Waals surface area (Å²) in [6.07, 6.45) is 1.01. The molecule has 0 heterocycles.